The van der Waals surface area contributed by atoms with Crippen molar-refractivity contribution in [3.8, 4) is 0 Å². The lowest BCUT2D eigenvalue weighted by molar-refractivity contribution is -0.132. The highest BCUT2D eigenvalue weighted by atomic mass is 35.5. The summed E-state index contributed by atoms with van der Waals surface area (Å²) >= 11 is 6.24. The molecule has 1 amide bonds. The van der Waals surface area contributed by atoms with E-state index in [1.807, 2.05) is 61.5 Å². The minimum Gasteiger partial charge on any atom is -0.507 e. The third-order valence-corrected chi connectivity index (χ3v) is 6.52. The van der Waals surface area contributed by atoms with E-state index in [0.717, 1.165) is 28.3 Å². The van der Waals surface area contributed by atoms with Gasteiger partial charge in [0.25, 0.3) is 11.7 Å². The first-order chi connectivity index (χ1) is 16.5. The van der Waals surface area contributed by atoms with Crippen LogP contribution in [0.5, 0.6) is 0 Å². The molecule has 1 heterocycles. The summed E-state index contributed by atoms with van der Waals surface area (Å²) in [5, 5.41) is 13.7. The molecule has 4 nitrogen and oxygen atoms in total. The number of ketones is 1. The molecule has 1 saturated heterocycles. The monoisotopic (exact) mass is 467 g/mol. The van der Waals surface area contributed by atoms with Crippen LogP contribution in [-0.4, -0.2) is 16.8 Å². The molecule has 1 unspecified atom stereocenters. The maximum atomic E-state index is 13.4. The van der Waals surface area contributed by atoms with E-state index < -0.39 is 17.7 Å². The molecule has 0 saturated carbocycles. The first-order valence-corrected chi connectivity index (χ1v) is 11.5. The van der Waals surface area contributed by atoms with Gasteiger partial charge < -0.3 is 5.11 Å². The van der Waals surface area contributed by atoms with Crippen LogP contribution in [0.1, 0.15) is 29.7 Å². The molecule has 5 heteroatoms. The van der Waals surface area contributed by atoms with Gasteiger partial charge in [0.05, 0.1) is 11.6 Å². The molecule has 0 bridgehead atoms. The smallest absolute Gasteiger partial charge is 0.300 e. The molecule has 34 heavy (non-hydrogen) atoms. The number of rotatable bonds is 4. The Labute approximate surface area is 202 Å². The van der Waals surface area contributed by atoms with Crippen LogP contribution in [0.25, 0.3) is 16.5 Å². The number of carbonyl (C=O) groups is 2. The Hall–Kier alpha value is -3.89. The average Bonchev–Trinajstić information content (AvgIpc) is 3.13. The van der Waals surface area contributed by atoms with Crippen LogP contribution in [0.2, 0.25) is 5.02 Å². The molecule has 0 aromatic heterocycles. The number of hydrogen-bond acceptors (Lipinski definition) is 3. The number of aliphatic hydroxyl groups is 1. The summed E-state index contributed by atoms with van der Waals surface area (Å²) in [6.45, 7) is 2.05. The second-order valence-electron chi connectivity index (χ2n) is 8.27. The number of aryl methyl sites for hydroxylation is 1. The second-order valence-corrected chi connectivity index (χ2v) is 8.70. The second kappa shape index (κ2) is 8.81. The summed E-state index contributed by atoms with van der Waals surface area (Å²) < 4.78 is 0. The molecule has 1 N–H and O–H groups in total. The minimum absolute atomic E-state index is 0.0607. The van der Waals surface area contributed by atoms with E-state index in [1.165, 1.54) is 4.90 Å². The number of aliphatic hydroxyl groups excluding tert-OH is 1. The topological polar surface area (TPSA) is 57.6 Å². The highest BCUT2D eigenvalue weighted by Gasteiger charge is 2.47. The van der Waals surface area contributed by atoms with Gasteiger partial charge >= 0.3 is 0 Å². The van der Waals surface area contributed by atoms with Crippen molar-refractivity contribution in [1.29, 1.82) is 0 Å². The predicted octanol–water partition coefficient (Wildman–Crippen LogP) is 6.68. The van der Waals surface area contributed by atoms with E-state index in [0.29, 0.717) is 16.3 Å². The SMILES string of the molecule is CCc1ccc(/C(O)=C2/C(=O)C(=O)N(c3cccc(Cl)c3)C2c2cccc3ccccc23)cc1. The Balaban J connectivity index is 1.79. The fourth-order valence-electron chi connectivity index (χ4n) is 4.56. The van der Waals surface area contributed by atoms with Crippen LogP contribution < -0.4 is 4.90 Å². The number of anilines is 1. The maximum absolute atomic E-state index is 13.4. The number of fused-ring (bicyclic) bond motifs is 1. The normalized spacial score (nSPS) is 17.5. The van der Waals surface area contributed by atoms with Crippen molar-refractivity contribution in [2.45, 2.75) is 19.4 Å². The largest absolute Gasteiger partial charge is 0.507 e. The van der Waals surface area contributed by atoms with Crippen LogP contribution >= 0.6 is 11.6 Å². The quantitative estimate of drug-likeness (QED) is 0.207. The van der Waals surface area contributed by atoms with E-state index in [1.54, 1.807) is 36.4 Å². The van der Waals surface area contributed by atoms with Crippen molar-refractivity contribution < 1.29 is 14.7 Å². The number of halogens is 1. The third kappa shape index (κ3) is 3.66. The lowest BCUT2D eigenvalue weighted by Crippen LogP contribution is -2.29. The number of nitrogens with zero attached hydrogens (tertiary/aromatic N) is 1. The molecular formula is C29H22ClNO3. The molecule has 1 fully saturated rings. The molecule has 4 aromatic carbocycles. The summed E-state index contributed by atoms with van der Waals surface area (Å²) in [4.78, 5) is 28.2. The fourth-order valence-corrected chi connectivity index (χ4v) is 4.75. The van der Waals surface area contributed by atoms with Gasteiger partial charge in [0.2, 0.25) is 0 Å². The number of amides is 1. The van der Waals surface area contributed by atoms with Crippen molar-refractivity contribution in [3.05, 3.63) is 118 Å². The highest BCUT2D eigenvalue weighted by molar-refractivity contribution is 6.52. The molecule has 1 atom stereocenters. The van der Waals surface area contributed by atoms with Crippen LogP contribution in [0, 0.1) is 0 Å². The molecule has 1 aliphatic rings. The predicted molar refractivity (Wildman–Crippen MR) is 136 cm³/mol. The zero-order valence-electron chi connectivity index (χ0n) is 18.5. The number of benzene rings is 4. The van der Waals surface area contributed by atoms with Gasteiger partial charge in [-0.2, -0.15) is 0 Å². The first kappa shape index (κ1) is 21.9. The van der Waals surface area contributed by atoms with E-state index in [4.69, 9.17) is 11.6 Å². The number of hydrogen-bond donors (Lipinski definition) is 1. The van der Waals surface area contributed by atoms with E-state index in [-0.39, 0.29) is 11.3 Å². The molecule has 0 spiro atoms. The van der Waals surface area contributed by atoms with Gasteiger partial charge in [-0.1, -0.05) is 91.3 Å². The molecule has 5 rings (SSSR count). The van der Waals surface area contributed by atoms with Gasteiger partial charge in [0.15, 0.2) is 0 Å². The first-order valence-electron chi connectivity index (χ1n) is 11.1. The molecule has 4 aromatic rings. The lowest BCUT2D eigenvalue weighted by Gasteiger charge is -2.26. The molecule has 0 aliphatic carbocycles. The summed E-state index contributed by atoms with van der Waals surface area (Å²) in [6, 6.07) is 27.0. The maximum Gasteiger partial charge on any atom is 0.300 e. The Morgan fingerprint density at radius 2 is 1.62 bits per heavy atom. The van der Waals surface area contributed by atoms with Crippen LogP contribution in [0.3, 0.4) is 0 Å². The molecule has 1 aliphatic heterocycles. The fraction of sp³-hybridized carbons (Fsp3) is 0.103. The Kier molecular flexibility index (Phi) is 5.68. The summed E-state index contributed by atoms with van der Waals surface area (Å²) in [6.07, 6.45) is 0.857. The summed E-state index contributed by atoms with van der Waals surface area (Å²) in [7, 11) is 0. The number of carbonyl (C=O) groups excluding carboxylic acids is 2. The minimum atomic E-state index is -0.810. The van der Waals surface area contributed by atoms with Gasteiger partial charge in [-0.25, -0.2) is 0 Å². The van der Waals surface area contributed by atoms with Crippen LogP contribution in [-0.2, 0) is 16.0 Å². The van der Waals surface area contributed by atoms with E-state index in [2.05, 4.69) is 0 Å². The lowest BCUT2D eigenvalue weighted by atomic mass is 9.91. The van der Waals surface area contributed by atoms with Crippen molar-refractivity contribution in [3.63, 3.8) is 0 Å². The molecule has 0 radical (unpaired) electrons. The van der Waals surface area contributed by atoms with Gasteiger partial charge in [-0.05, 0) is 46.5 Å². The Morgan fingerprint density at radius 3 is 2.35 bits per heavy atom. The Bertz CT molecular complexity index is 1450. The van der Waals surface area contributed by atoms with Crippen molar-refractivity contribution in [2.24, 2.45) is 0 Å². The highest BCUT2D eigenvalue weighted by Crippen LogP contribution is 2.44. The standard InChI is InChI=1S/C29H22ClNO3/c1-2-18-13-15-20(16-14-18)27(32)25-26(24-12-5-8-19-7-3-4-11-23(19)24)31(29(34)28(25)33)22-10-6-9-21(30)17-22/h3-17,26,32H,2H2,1H3/b27-25-. The van der Waals surface area contributed by atoms with Crippen LogP contribution in [0.4, 0.5) is 5.69 Å². The van der Waals surface area contributed by atoms with Crippen molar-refractivity contribution in [2.75, 3.05) is 4.90 Å². The van der Waals surface area contributed by atoms with E-state index in [9.17, 15) is 14.7 Å². The molecular weight excluding hydrogens is 446 g/mol. The summed E-state index contributed by atoms with van der Waals surface area (Å²) in [5.74, 6) is -1.62. The van der Waals surface area contributed by atoms with Gasteiger partial charge in [0, 0.05) is 16.3 Å². The van der Waals surface area contributed by atoms with Crippen molar-refractivity contribution in [1.82, 2.24) is 0 Å². The summed E-state index contributed by atoms with van der Waals surface area (Å²) in [5.41, 5.74) is 2.91. The van der Waals surface area contributed by atoms with Gasteiger partial charge in [-0.15, -0.1) is 0 Å². The van der Waals surface area contributed by atoms with Gasteiger partial charge in [0.1, 0.15) is 5.76 Å². The zero-order valence-corrected chi connectivity index (χ0v) is 19.3. The van der Waals surface area contributed by atoms with Crippen molar-refractivity contribution >= 4 is 45.5 Å². The van der Waals surface area contributed by atoms with Gasteiger partial charge in [-0.3, -0.25) is 14.5 Å². The molecule has 168 valence electrons. The van der Waals surface area contributed by atoms with E-state index >= 15 is 0 Å². The average molecular weight is 468 g/mol. The Morgan fingerprint density at radius 1 is 0.912 bits per heavy atom. The zero-order chi connectivity index (χ0) is 23.8. The number of Topliss-reactive ketones (excluding diaryl/α,β-unsaturated/α-hetero) is 1. The van der Waals surface area contributed by atoms with Crippen LogP contribution in [0.15, 0.2) is 96.6 Å². The third-order valence-electron chi connectivity index (χ3n) is 6.28.